The molecule has 0 fully saturated rings. The van der Waals surface area contributed by atoms with Gasteiger partial charge in [-0.15, -0.1) is 0 Å². The summed E-state index contributed by atoms with van der Waals surface area (Å²) in [6.45, 7) is 1.69. The van der Waals surface area contributed by atoms with Crippen LogP contribution in [0.1, 0.15) is 0 Å². The molecule has 0 bridgehead atoms. The molecule has 2 aromatic carbocycles. The smallest absolute Gasteiger partial charge is 0.165 e. The van der Waals surface area contributed by atoms with Crippen molar-refractivity contribution < 1.29 is 5.11 Å². The van der Waals surface area contributed by atoms with Gasteiger partial charge in [0, 0.05) is 18.5 Å². The molecular formula is C18H20N4O. The van der Waals surface area contributed by atoms with E-state index in [9.17, 15) is 5.11 Å². The zero-order chi connectivity index (χ0) is 16.2. The Bertz CT molecular complexity index is 817. The van der Waals surface area contributed by atoms with E-state index in [4.69, 9.17) is 0 Å². The van der Waals surface area contributed by atoms with Gasteiger partial charge in [0.05, 0.1) is 11.1 Å². The molecule has 0 amide bonds. The second kappa shape index (κ2) is 6.62. The molecule has 1 heterocycles. The number of phenolic OH excluding ortho intramolecular Hbond substituents is 1. The highest BCUT2D eigenvalue weighted by atomic mass is 16.3. The number of nitrogens with zero attached hydrogens (tertiary/aromatic N) is 3. The lowest BCUT2D eigenvalue weighted by Gasteiger charge is -2.13. The molecule has 5 nitrogen and oxygen atoms in total. The number of anilines is 1. The Kier molecular flexibility index (Phi) is 4.39. The molecule has 0 aliphatic heterocycles. The summed E-state index contributed by atoms with van der Waals surface area (Å²) in [6, 6.07) is 15.0. The quantitative estimate of drug-likeness (QED) is 0.759. The van der Waals surface area contributed by atoms with Gasteiger partial charge in [-0.1, -0.05) is 24.3 Å². The first-order chi connectivity index (χ1) is 11.1. The van der Waals surface area contributed by atoms with Crippen LogP contribution in [0.25, 0.3) is 22.3 Å². The third-order valence-corrected chi connectivity index (χ3v) is 3.60. The highest BCUT2D eigenvalue weighted by molar-refractivity contribution is 5.90. The molecule has 5 heteroatoms. The van der Waals surface area contributed by atoms with E-state index in [0.29, 0.717) is 11.4 Å². The van der Waals surface area contributed by atoms with Crippen molar-refractivity contribution >= 4 is 16.7 Å². The molecule has 0 atom stereocenters. The highest BCUT2D eigenvalue weighted by Crippen LogP contribution is 2.29. The maximum absolute atomic E-state index is 10.1. The molecule has 0 unspecified atom stereocenters. The molecule has 0 spiro atoms. The Labute approximate surface area is 135 Å². The van der Waals surface area contributed by atoms with Crippen molar-refractivity contribution in [2.45, 2.75) is 0 Å². The number of hydrogen-bond donors (Lipinski definition) is 2. The normalized spacial score (nSPS) is 11.1. The number of phenols is 1. The van der Waals surface area contributed by atoms with Crippen LogP contribution in [0.5, 0.6) is 5.75 Å². The van der Waals surface area contributed by atoms with Crippen molar-refractivity contribution in [3.8, 4) is 17.1 Å². The van der Waals surface area contributed by atoms with Crippen LogP contribution >= 0.6 is 0 Å². The minimum atomic E-state index is 0.182. The van der Waals surface area contributed by atoms with Gasteiger partial charge in [-0.2, -0.15) is 0 Å². The van der Waals surface area contributed by atoms with Gasteiger partial charge in [0.2, 0.25) is 0 Å². The van der Waals surface area contributed by atoms with Gasteiger partial charge in [0.1, 0.15) is 11.6 Å². The van der Waals surface area contributed by atoms with E-state index < -0.39 is 0 Å². The Hall–Kier alpha value is -2.66. The number of aromatic hydroxyl groups is 1. The van der Waals surface area contributed by atoms with Crippen molar-refractivity contribution in [1.82, 2.24) is 14.9 Å². The minimum absolute atomic E-state index is 0.182. The van der Waals surface area contributed by atoms with Crippen molar-refractivity contribution in [3.63, 3.8) is 0 Å². The van der Waals surface area contributed by atoms with E-state index in [1.54, 1.807) is 12.1 Å². The third kappa shape index (κ3) is 3.40. The topological polar surface area (TPSA) is 61.3 Å². The number of benzene rings is 2. The van der Waals surface area contributed by atoms with E-state index in [1.807, 2.05) is 50.5 Å². The number of fused-ring (bicyclic) bond motifs is 1. The first kappa shape index (κ1) is 15.2. The molecule has 3 rings (SSSR count). The summed E-state index contributed by atoms with van der Waals surface area (Å²) in [4.78, 5) is 11.3. The van der Waals surface area contributed by atoms with Crippen LogP contribution in [0, 0.1) is 0 Å². The number of hydrogen-bond acceptors (Lipinski definition) is 5. The monoisotopic (exact) mass is 308 g/mol. The van der Waals surface area contributed by atoms with Crippen molar-refractivity contribution in [2.75, 3.05) is 32.5 Å². The lowest BCUT2D eigenvalue weighted by Crippen LogP contribution is -2.21. The molecule has 23 heavy (non-hydrogen) atoms. The molecule has 0 radical (unpaired) electrons. The second-order valence-electron chi connectivity index (χ2n) is 5.66. The summed E-state index contributed by atoms with van der Waals surface area (Å²) < 4.78 is 0. The lowest BCUT2D eigenvalue weighted by molar-refractivity contribution is 0.425. The van der Waals surface area contributed by atoms with Crippen LogP contribution in [-0.2, 0) is 0 Å². The summed E-state index contributed by atoms with van der Waals surface area (Å²) in [5, 5.41) is 14.4. The Morgan fingerprint density at radius 2 is 1.74 bits per heavy atom. The van der Waals surface area contributed by atoms with Crippen LogP contribution in [0.3, 0.4) is 0 Å². The molecule has 118 valence electrons. The first-order valence-electron chi connectivity index (χ1n) is 7.59. The van der Waals surface area contributed by atoms with Gasteiger partial charge in [-0.25, -0.2) is 9.97 Å². The summed E-state index contributed by atoms with van der Waals surface area (Å²) in [5.41, 5.74) is 1.49. The fraction of sp³-hybridized carbons (Fsp3) is 0.222. The SMILES string of the molecule is CN(C)CCNc1nc(-c2ccccc2O)nc2ccccc12. The average Bonchev–Trinajstić information content (AvgIpc) is 2.54. The van der Waals surface area contributed by atoms with Gasteiger partial charge in [0.25, 0.3) is 0 Å². The van der Waals surface area contributed by atoms with Crippen LogP contribution < -0.4 is 5.32 Å². The van der Waals surface area contributed by atoms with E-state index in [2.05, 4.69) is 20.2 Å². The van der Waals surface area contributed by atoms with Gasteiger partial charge < -0.3 is 15.3 Å². The predicted octanol–water partition coefficient (Wildman–Crippen LogP) is 2.98. The number of rotatable bonds is 5. The standard InChI is InChI=1S/C18H20N4O/c1-22(2)12-11-19-17-13-7-3-5-9-15(13)20-18(21-17)14-8-4-6-10-16(14)23/h3-10,23H,11-12H2,1-2H3,(H,19,20,21). The van der Waals surface area contributed by atoms with Crippen LogP contribution in [0.15, 0.2) is 48.5 Å². The molecular weight excluding hydrogens is 288 g/mol. The number of para-hydroxylation sites is 2. The van der Waals surface area contributed by atoms with E-state index in [1.165, 1.54) is 0 Å². The summed E-state index contributed by atoms with van der Waals surface area (Å²) >= 11 is 0. The van der Waals surface area contributed by atoms with Crippen LogP contribution in [-0.4, -0.2) is 47.2 Å². The van der Waals surface area contributed by atoms with E-state index in [0.717, 1.165) is 29.8 Å². The van der Waals surface area contributed by atoms with E-state index >= 15 is 0 Å². The Balaban J connectivity index is 2.05. The van der Waals surface area contributed by atoms with Crippen molar-refractivity contribution in [3.05, 3.63) is 48.5 Å². The molecule has 2 N–H and O–H groups in total. The zero-order valence-corrected chi connectivity index (χ0v) is 13.3. The van der Waals surface area contributed by atoms with Crippen molar-refractivity contribution in [2.24, 2.45) is 0 Å². The molecule has 3 aromatic rings. The van der Waals surface area contributed by atoms with Gasteiger partial charge in [-0.3, -0.25) is 0 Å². The summed E-state index contributed by atoms with van der Waals surface area (Å²) in [7, 11) is 4.07. The third-order valence-electron chi connectivity index (χ3n) is 3.60. The van der Waals surface area contributed by atoms with Gasteiger partial charge in [0.15, 0.2) is 5.82 Å². The second-order valence-corrected chi connectivity index (χ2v) is 5.66. The maximum atomic E-state index is 10.1. The molecule has 0 aliphatic carbocycles. The molecule has 1 aromatic heterocycles. The number of aromatic nitrogens is 2. The van der Waals surface area contributed by atoms with Crippen LogP contribution in [0.2, 0.25) is 0 Å². The fourth-order valence-corrected chi connectivity index (χ4v) is 2.39. The van der Waals surface area contributed by atoms with Crippen LogP contribution in [0.4, 0.5) is 5.82 Å². The molecule has 0 saturated heterocycles. The number of likely N-dealkylation sites (N-methyl/N-ethyl adjacent to an activating group) is 1. The lowest BCUT2D eigenvalue weighted by atomic mass is 10.1. The number of nitrogens with one attached hydrogen (secondary N) is 1. The zero-order valence-electron chi connectivity index (χ0n) is 13.3. The maximum Gasteiger partial charge on any atom is 0.165 e. The summed E-state index contributed by atoms with van der Waals surface area (Å²) in [6.07, 6.45) is 0. The van der Waals surface area contributed by atoms with E-state index in [-0.39, 0.29) is 5.75 Å². The fourth-order valence-electron chi connectivity index (χ4n) is 2.39. The largest absolute Gasteiger partial charge is 0.507 e. The Morgan fingerprint density at radius 3 is 2.52 bits per heavy atom. The Morgan fingerprint density at radius 1 is 1.00 bits per heavy atom. The van der Waals surface area contributed by atoms with Gasteiger partial charge >= 0.3 is 0 Å². The first-order valence-corrected chi connectivity index (χ1v) is 7.59. The minimum Gasteiger partial charge on any atom is -0.507 e. The van der Waals surface area contributed by atoms with Crippen molar-refractivity contribution in [1.29, 1.82) is 0 Å². The molecule has 0 saturated carbocycles. The predicted molar refractivity (Wildman–Crippen MR) is 93.7 cm³/mol. The summed E-state index contributed by atoms with van der Waals surface area (Å²) in [5.74, 6) is 1.49. The highest BCUT2D eigenvalue weighted by Gasteiger charge is 2.11. The average molecular weight is 308 g/mol. The molecule has 0 aliphatic rings. The van der Waals surface area contributed by atoms with Gasteiger partial charge in [-0.05, 0) is 38.4 Å².